The maximum Gasteiger partial charge on any atom is 0.266 e. The minimum absolute atomic E-state index is 0.0291. The molecule has 0 aromatic carbocycles. The van der Waals surface area contributed by atoms with Gasteiger partial charge in [0.2, 0.25) is 0 Å². The Morgan fingerprint density at radius 2 is 1.76 bits per heavy atom. The number of pyridine rings is 1. The second-order valence-corrected chi connectivity index (χ2v) is 8.22. The van der Waals surface area contributed by atoms with Gasteiger partial charge in [-0.05, 0) is 62.9 Å². The van der Waals surface area contributed by atoms with E-state index in [4.69, 9.17) is 0 Å². The zero-order valence-electron chi connectivity index (χ0n) is 16.5. The quantitative estimate of drug-likeness (QED) is 0.647. The highest BCUT2D eigenvalue weighted by atomic mass is 16.1. The van der Waals surface area contributed by atoms with Gasteiger partial charge in [-0.15, -0.1) is 0 Å². The lowest BCUT2D eigenvalue weighted by Gasteiger charge is -2.32. The maximum absolute atomic E-state index is 12.3. The highest BCUT2D eigenvalue weighted by Crippen LogP contribution is 2.36. The number of rotatable bonds is 6. The van der Waals surface area contributed by atoms with E-state index < -0.39 is 0 Å². The Morgan fingerprint density at radius 1 is 0.966 bits per heavy atom. The molecule has 0 radical (unpaired) electrons. The van der Waals surface area contributed by atoms with Crippen LogP contribution < -0.4 is 5.56 Å². The average Bonchev–Trinajstić information content (AvgIpc) is 3.50. The van der Waals surface area contributed by atoms with Crippen LogP contribution in [0, 0.1) is 5.92 Å². The zero-order chi connectivity index (χ0) is 19.6. The Hall–Kier alpha value is -2.80. The van der Waals surface area contributed by atoms with Gasteiger partial charge in [0.05, 0.1) is 17.7 Å². The van der Waals surface area contributed by atoms with Gasteiger partial charge in [-0.25, -0.2) is 9.67 Å². The van der Waals surface area contributed by atoms with E-state index in [0.29, 0.717) is 18.5 Å². The van der Waals surface area contributed by atoms with Crippen molar-refractivity contribution in [1.29, 1.82) is 0 Å². The molecule has 1 aliphatic heterocycles. The first kappa shape index (κ1) is 18.2. The van der Waals surface area contributed by atoms with Crippen molar-refractivity contribution < 1.29 is 0 Å². The standard InChI is InChI=1S/C22H26N6O/c29-22-4-3-21(18-5-9-23-10-6-18)25-28(22)14-17-7-11-26(12-8-17)15-20-13-24-16-27(20)19-1-2-19/h3-6,9-10,13,16-17,19H,1-2,7-8,11-12,14-15H2. The lowest BCUT2D eigenvalue weighted by atomic mass is 9.96. The third-order valence-corrected chi connectivity index (χ3v) is 6.05. The minimum atomic E-state index is -0.0291. The Labute approximate surface area is 170 Å². The molecule has 3 aromatic rings. The molecule has 5 rings (SSSR count). The van der Waals surface area contributed by atoms with Crippen LogP contribution in [0.25, 0.3) is 11.3 Å². The molecule has 29 heavy (non-hydrogen) atoms. The maximum atomic E-state index is 12.3. The van der Waals surface area contributed by atoms with Crippen molar-refractivity contribution >= 4 is 0 Å². The minimum Gasteiger partial charge on any atom is -0.330 e. The monoisotopic (exact) mass is 390 g/mol. The summed E-state index contributed by atoms with van der Waals surface area (Å²) in [6.45, 7) is 3.77. The Bertz CT molecular complexity index is 1020. The number of hydrogen-bond acceptors (Lipinski definition) is 5. The number of hydrogen-bond donors (Lipinski definition) is 0. The van der Waals surface area contributed by atoms with Crippen LogP contribution in [0.1, 0.15) is 37.4 Å². The topological polar surface area (TPSA) is 68.8 Å². The van der Waals surface area contributed by atoms with E-state index in [1.807, 2.05) is 24.7 Å². The van der Waals surface area contributed by atoms with E-state index in [0.717, 1.165) is 43.7 Å². The fraction of sp³-hybridized carbons (Fsp3) is 0.455. The average molecular weight is 390 g/mol. The van der Waals surface area contributed by atoms with Crippen molar-refractivity contribution in [3.63, 3.8) is 0 Å². The molecule has 0 N–H and O–H groups in total. The van der Waals surface area contributed by atoms with Gasteiger partial charge in [0.25, 0.3) is 5.56 Å². The summed E-state index contributed by atoms with van der Waals surface area (Å²) in [6.07, 6.45) is 12.2. The molecule has 4 heterocycles. The fourth-order valence-electron chi connectivity index (χ4n) is 4.19. The zero-order valence-corrected chi connectivity index (χ0v) is 16.5. The molecule has 7 heteroatoms. The smallest absolute Gasteiger partial charge is 0.266 e. The molecule has 1 aliphatic carbocycles. The van der Waals surface area contributed by atoms with Gasteiger partial charge in [-0.3, -0.25) is 14.7 Å². The van der Waals surface area contributed by atoms with Gasteiger partial charge in [-0.2, -0.15) is 5.10 Å². The molecule has 2 fully saturated rings. The lowest BCUT2D eigenvalue weighted by Crippen LogP contribution is -2.36. The number of imidazole rings is 1. The number of aromatic nitrogens is 5. The highest BCUT2D eigenvalue weighted by molar-refractivity contribution is 5.56. The van der Waals surface area contributed by atoms with Gasteiger partial charge in [-0.1, -0.05) is 0 Å². The largest absolute Gasteiger partial charge is 0.330 e. The molecule has 2 aliphatic rings. The normalized spacial score (nSPS) is 18.2. The summed E-state index contributed by atoms with van der Waals surface area (Å²) in [5.74, 6) is 0.484. The van der Waals surface area contributed by atoms with Crippen molar-refractivity contribution in [2.75, 3.05) is 13.1 Å². The number of nitrogens with zero attached hydrogens (tertiary/aromatic N) is 6. The van der Waals surface area contributed by atoms with Gasteiger partial charge in [0.1, 0.15) is 0 Å². The molecule has 0 amide bonds. The van der Waals surface area contributed by atoms with Gasteiger partial charge < -0.3 is 4.57 Å². The van der Waals surface area contributed by atoms with Gasteiger partial charge in [0.15, 0.2) is 0 Å². The summed E-state index contributed by atoms with van der Waals surface area (Å²) >= 11 is 0. The third kappa shape index (κ3) is 4.15. The first-order valence-electron chi connectivity index (χ1n) is 10.5. The number of piperidine rings is 1. The van der Waals surface area contributed by atoms with Crippen LogP contribution in [0.4, 0.5) is 0 Å². The van der Waals surface area contributed by atoms with E-state index >= 15 is 0 Å². The Balaban J connectivity index is 1.21. The van der Waals surface area contributed by atoms with Crippen LogP contribution in [0.15, 0.2) is 54.0 Å². The molecule has 7 nitrogen and oxygen atoms in total. The second-order valence-electron chi connectivity index (χ2n) is 8.22. The van der Waals surface area contributed by atoms with Crippen LogP contribution in [0.2, 0.25) is 0 Å². The van der Waals surface area contributed by atoms with E-state index in [1.165, 1.54) is 18.5 Å². The first-order valence-corrected chi connectivity index (χ1v) is 10.5. The summed E-state index contributed by atoms with van der Waals surface area (Å²) in [5, 5.41) is 4.61. The van der Waals surface area contributed by atoms with Crippen molar-refractivity contribution in [1.82, 2.24) is 29.2 Å². The molecule has 0 unspecified atom stereocenters. The van der Waals surface area contributed by atoms with E-state index in [2.05, 4.69) is 24.5 Å². The van der Waals surface area contributed by atoms with Crippen LogP contribution >= 0.6 is 0 Å². The number of likely N-dealkylation sites (tertiary alicyclic amines) is 1. The molecular weight excluding hydrogens is 364 g/mol. The summed E-state index contributed by atoms with van der Waals surface area (Å²) < 4.78 is 3.98. The molecular formula is C22H26N6O. The first-order chi connectivity index (χ1) is 14.3. The van der Waals surface area contributed by atoms with Crippen molar-refractivity contribution in [2.24, 2.45) is 5.92 Å². The van der Waals surface area contributed by atoms with Crippen molar-refractivity contribution in [2.45, 2.75) is 44.8 Å². The van der Waals surface area contributed by atoms with Crippen molar-refractivity contribution in [3.8, 4) is 11.3 Å². The Kier molecular flexibility index (Phi) is 4.97. The summed E-state index contributed by atoms with van der Waals surface area (Å²) in [6, 6.07) is 7.93. The van der Waals surface area contributed by atoms with E-state index in [-0.39, 0.29) is 5.56 Å². The van der Waals surface area contributed by atoms with Crippen LogP contribution in [-0.4, -0.2) is 42.3 Å². The predicted molar refractivity (Wildman–Crippen MR) is 110 cm³/mol. The highest BCUT2D eigenvalue weighted by Gasteiger charge is 2.27. The third-order valence-electron chi connectivity index (χ3n) is 6.05. The molecule has 150 valence electrons. The molecule has 3 aromatic heterocycles. The summed E-state index contributed by atoms with van der Waals surface area (Å²) in [5.41, 5.74) is 3.10. The molecule has 0 spiro atoms. The van der Waals surface area contributed by atoms with Gasteiger partial charge >= 0.3 is 0 Å². The van der Waals surface area contributed by atoms with E-state index in [9.17, 15) is 4.79 Å². The fourth-order valence-corrected chi connectivity index (χ4v) is 4.19. The van der Waals surface area contributed by atoms with E-state index in [1.54, 1.807) is 29.2 Å². The lowest BCUT2D eigenvalue weighted by molar-refractivity contribution is 0.160. The van der Waals surface area contributed by atoms with Gasteiger partial charge in [0, 0.05) is 49.4 Å². The SMILES string of the molecule is O=c1ccc(-c2ccncc2)nn1CC1CCN(Cc2cncn2C2CC2)CC1. The summed E-state index contributed by atoms with van der Waals surface area (Å²) in [7, 11) is 0. The van der Waals surface area contributed by atoms with Crippen LogP contribution in [0.5, 0.6) is 0 Å². The molecule has 1 saturated carbocycles. The summed E-state index contributed by atoms with van der Waals surface area (Å²) in [4.78, 5) is 23.2. The molecule has 1 saturated heterocycles. The Morgan fingerprint density at radius 3 is 2.52 bits per heavy atom. The van der Waals surface area contributed by atoms with Crippen LogP contribution in [0.3, 0.4) is 0 Å². The second kappa shape index (κ2) is 7.91. The predicted octanol–water partition coefficient (Wildman–Crippen LogP) is 2.75. The van der Waals surface area contributed by atoms with Crippen molar-refractivity contribution in [3.05, 3.63) is 65.2 Å². The van der Waals surface area contributed by atoms with Crippen LogP contribution in [-0.2, 0) is 13.1 Å². The molecule has 0 atom stereocenters. The molecule has 0 bridgehead atoms.